The van der Waals surface area contributed by atoms with E-state index in [9.17, 15) is 0 Å². The maximum atomic E-state index is 8.71. The fraction of sp³-hybridized carbons (Fsp3) is 0.692. The van der Waals surface area contributed by atoms with Crippen LogP contribution in [-0.2, 0) is 0 Å². The van der Waals surface area contributed by atoms with E-state index in [1.807, 2.05) is 0 Å². The standard InChI is InChI=1S/C13H24N4O2/c1-3-7-14-12-11(19-2)13(17-10-16-12)15-8-5-4-6-9-18/h10,18H,3-9H2,1-2H3,(H2,14,15,16,17). The smallest absolute Gasteiger partial charge is 0.204 e. The Hall–Kier alpha value is -1.56. The largest absolute Gasteiger partial charge is 0.490 e. The Kier molecular flexibility index (Phi) is 7.65. The van der Waals surface area contributed by atoms with Crippen LogP contribution in [0.1, 0.15) is 32.6 Å². The lowest BCUT2D eigenvalue weighted by molar-refractivity contribution is 0.283. The molecule has 0 atom stereocenters. The highest BCUT2D eigenvalue weighted by atomic mass is 16.5. The first kappa shape index (κ1) is 15.5. The van der Waals surface area contributed by atoms with E-state index in [0.29, 0.717) is 11.6 Å². The van der Waals surface area contributed by atoms with Crippen molar-refractivity contribution >= 4 is 11.6 Å². The minimum Gasteiger partial charge on any atom is -0.490 e. The van der Waals surface area contributed by atoms with Gasteiger partial charge < -0.3 is 20.5 Å². The number of aliphatic hydroxyl groups is 1. The van der Waals surface area contributed by atoms with Gasteiger partial charge in [-0.15, -0.1) is 0 Å². The van der Waals surface area contributed by atoms with E-state index in [4.69, 9.17) is 9.84 Å². The first-order valence-corrected chi connectivity index (χ1v) is 6.81. The van der Waals surface area contributed by atoms with Crippen molar-refractivity contribution < 1.29 is 9.84 Å². The molecule has 0 spiro atoms. The van der Waals surface area contributed by atoms with Crippen molar-refractivity contribution in [2.45, 2.75) is 32.6 Å². The van der Waals surface area contributed by atoms with Crippen LogP contribution >= 0.6 is 0 Å². The average molecular weight is 268 g/mol. The third kappa shape index (κ3) is 5.30. The molecular weight excluding hydrogens is 244 g/mol. The van der Waals surface area contributed by atoms with E-state index in [1.165, 1.54) is 6.33 Å². The van der Waals surface area contributed by atoms with Crippen LogP contribution in [0.25, 0.3) is 0 Å². The van der Waals surface area contributed by atoms with Gasteiger partial charge in [0.15, 0.2) is 11.6 Å². The maximum absolute atomic E-state index is 8.71. The predicted molar refractivity (Wildman–Crippen MR) is 76.8 cm³/mol. The number of unbranched alkanes of at least 4 members (excludes halogenated alkanes) is 2. The average Bonchev–Trinajstić information content (AvgIpc) is 2.44. The monoisotopic (exact) mass is 268 g/mol. The minimum absolute atomic E-state index is 0.252. The molecule has 0 unspecified atom stereocenters. The lowest BCUT2D eigenvalue weighted by Crippen LogP contribution is -2.09. The van der Waals surface area contributed by atoms with Crippen LogP contribution in [0.4, 0.5) is 11.6 Å². The molecule has 108 valence electrons. The Labute approximate surface area is 114 Å². The van der Waals surface area contributed by atoms with Crippen molar-refractivity contribution in [1.82, 2.24) is 9.97 Å². The lowest BCUT2D eigenvalue weighted by Gasteiger charge is -2.13. The second-order valence-electron chi connectivity index (χ2n) is 4.24. The van der Waals surface area contributed by atoms with Crippen LogP contribution in [0.2, 0.25) is 0 Å². The predicted octanol–water partition coefficient (Wildman–Crippen LogP) is 1.88. The molecule has 0 aromatic carbocycles. The van der Waals surface area contributed by atoms with Gasteiger partial charge in [-0.2, -0.15) is 0 Å². The number of nitrogens with zero attached hydrogens (tertiary/aromatic N) is 2. The van der Waals surface area contributed by atoms with Crippen molar-refractivity contribution in [2.24, 2.45) is 0 Å². The van der Waals surface area contributed by atoms with Gasteiger partial charge in [-0.05, 0) is 25.7 Å². The molecule has 0 radical (unpaired) electrons. The van der Waals surface area contributed by atoms with Crippen molar-refractivity contribution in [3.05, 3.63) is 6.33 Å². The molecule has 1 aromatic heterocycles. The zero-order valence-electron chi connectivity index (χ0n) is 11.8. The quantitative estimate of drug-likeness (QED) is 0.562. The van der Waals surface area contributed by atoms with E-state index < -0.39 is 0 Å². The Morgan fingerprint density at radius 2 is 1.79 bits per heavy atom. The first-order chi connectivity index (χ1) is 9.33. The number of methoxy groups -OCH3 is 1. The lowest BCUT2D eigenvalue weighted by atomic mass is 10.2. The molecule has 0 aliphatic carbocycles. The fourth-order valence-electron chi connectivity index (χ4n) is 1.68. The molecule has 0 bridgehead atoms. The number of ether oxygens (including phenoxy) is 1. The van der Waals surface area contributed by atoms with Gasteiger partial charge in [0.2, 0.25) is 5.75 Å². The zero-order chi connectivity index (χ0) is 13.9. The van der Waals surface area contributed by atoms with Crippen LogP contribution in [0.3, 0.4) is 0 Å². The van der Waals surface area contributed by atoms with E-state index in [2.05, 4.69) is 27.5 Å². The molecule has 0 aliphatic rings. The van der Waals surface area contributed by atoms with E-state index in [0.717, 1.165) is 44.6 Å². The van der Waals surface area contributed by atoms with Crippen molar-refractivity contribution in [1.29, 1.82) is 0 Å². The molecule has 0 saturated carbocycles. The highest BCUT2D eigenvalue weighted by Crippen LogP contribution is 2.28. The second-order valence-corrected chi connectivity index (χ2v) is 4.24. The number of nitrogens with one attached hydrogen (secondary N) is 2. The number of rotatable bonds is 10. The Bertz CT molecular complexity index is 360. The van der Waals surface area contributed by atoms with Crippen molar-refractivity contribution in [3.63, 3.8) is 0 Å². The highest BCUT2D eigenvalue weighted by Gasteiger charge is 2.10. The fourth-order valence-corrected chi connectivity index (χ4v) is 1.68. The molecule has 3 N–H and O–H groups in total. The van der Waals surface area contributed by atoms with Gasteiger partial charge in [-0.1, -0.05) is 6.92 Å². The number of aliphatic hydroxyl groups excluding tert-OH is 1. The molecule has 0 amide bonds. The molecule has 1 rings (SSSR count). The summed E-state index contributed by atoms with van der Waals surface area (Å²) >= 11 is 0. The van der Waals surface area contributed by atoms with Gasteiger partial charge in [0.1, 0.15) is 6.33 Å². The third-order valence-electron chi connectivity index (χ3n) is 2.68. The van der Waals surface area contributed by atoms with Gasteiger partial charge in [0.05, 0.1) is 7.11 Å². The molecule has 1 heterocycles. The SMILES string of the molecule is CCCNc1ncnc(NCCCCCO)c1OC. The maximum Gasteiger partial charge on any atom is 0.204 e. The molecule has 0 fully saturated rings. The van der Waals surface area contributed by atoms with Gasteiger partial charge in [0, 0.05) is 19.7 Å². The first-order valence-electron chi connectivity index (χ1n) is 6.81. The normalized spacial score (nSPS) is 10.3. The van der Waals surface area contributed by atoms with Gasteiger partial charge in [0.25, 0.3) is 0 Å². The topological polar surface area (TPSA) is 79.3 Å². The summed E-state index contributed by atoms with van der Waals surface area (Å²) in [5.41, 5.74) is 0. The van der Waals surface area contributed by atoms with Crippen LogP contribution in [0.5, 0.6) is 5.75 Å². The van der Waals surface area contributed by atoms with Gasteiger partial charge >= 0.3 is 0 Å². The second kappa shape index (κ2) is 9.38. The molecule has 6 heteroatoms. The van der Waals surface area contributed by atoms with Crippen molar-refractivity contribution in [2.75, 3.05) is 37.4 Å². The number of anilines is 2. The Morgan fingerprint density at radius 1 is 1.11 bits per heavy atom. The number of hydrogen-bond donors (Lipinski definition) is 3. The Balaban J connectivity index is 2.56. The molecule has 6 nitrogen and oxygen atoms in total. The summed E-state index contributed by atoms with van der Waals surface area (Å²) in [5.74, 6) is 2.08. The summed E-state index contributed by atoms with van der Waals surface area (Å²) in [6, 6.07) is 0. The summed E-state index contributed by atoms with van der Waals surface area (Å²) in [4.78, 5) is 8.38. The minimum atomic E-state index is 0.252. The Morgan fingerprint density at radius 3 is 2.37 bits per heavy atom. The summed E-state index contributed by atoms with van der Waals surface area (Å²) in [6.07, 6.45) is 5.38. The summed E-state index contributed by atoms with van der Waals surface area (Å²) < 4.78 is 5.36. The van der Waals surface area contributed by atoms with Crippen molar-refractivity contribution in [3.8, 4) is 5.75 Å². The van der Waals surface area contributed by atoms with Crippen LogP contribution in [0.15, 0.2) is 6.33 Å². The summed E-state index contributed by atoms with van der Waals surface area (Å²) in [6.45, 7) is 4.01. The van der Waals surface area contributed by atoms with Crippen LogP contribution in [0, 0.1) is 0 Å². The third-order valence-corrected chi connectivity index (χ3v) is 2.68. The van der Waals surface area contributed by atoms with Gasteiger partial charge in [-0.25, -0.2) is 9.97 Å². The number of hydrogen-bond acceptors (Lipinski definition) is 6. The van der Waals surface area contributed by atoms with E-state index >= 15 is 0 Å². The molecular formula is C13H24N4O2. The van der Waals surface area contributed by atoms with Crippen LogP contribution < -0.4 is 15.4 Å². The van der Waals surface area contributed by atoms with E-state index in [-0.39, 0.29) is 6.61 Å². The molecule has 0 aliphatic heterocycles. The van der Waals surface area contributed by atoms with Crippen LogP contribution in [-0.4, -0.2) is 41.9 Å². The molecule has 0 saturated heterocycles. The highest BCUT2D eigenvalue weighted by molar-refractivity contribution is 5.63. The number of aromatic nitrogens is 2. The summed E-state index contributed by atoms with van der Waals surface area (Å²) in [7, 11) is 1.62. The zero-order valence-corrected chi connectivity index (χ0v) is 11.8. The molecule has 1 aromatic rings. The summed E-state index contributed by atoms with van der Waals surface area (Å²) in [5, 5.41) is 15.2. The van der Waals surface area contributed by atoms with E-state index in [1.54, 1.807) is 7.11 Å². The molecule has 19 heavy (non-hydrogen) atoms. The van der Waals surface area contributed by atoms with Gasteiger partial charge in [-0.3, -0.25) is 0 Å².